The molecule has 9 rings (SSSR count). The third kappa shape index (κ3) is 52.6. The van der Waals surface area contributed by atoms with E-state index in [-0.39, 0.29) is 5.91 Å². The van der Waals surface area contributed by atoms with Crippen LogP contribution in [0.4, 0.5) is 0 Å². The van der Waals surface area contributed by atoms with Crippen LogP contribution in [0.5, 0.6) is 0 Å². The van der Waals surface area contributed by atoms with Crippen molar-refractivity contribution in [3.63, 3.8) is 0 Å². The maximum absolute atomic E-state index is 11.3. The van der Waals surface area contributed by atoms with Crippen LogP contribution in [-0.4, -0.2) is 113 Å². The topological polar surface area (TPSA) is 188 Å². The van der Waals surface area contributed by atoms with Crippen LogP contribution in [0.2, 0.25) is 0 Å². The zero-order valence-electron chi connectivity index (χ0n) is 66.5. The maximum Gasteiger partial charge on any atom is 0.237 e. The summed E-state index contributed by atoms with van der Waals surface area (Å²) < 4.78 is 8.53. The molecule has 0 unspecified atom stereocenters. The molecule has 1 aliphatic rings. The number of pyridine rings is 2. The molecule has 538 valence electrons. The normalized spacial score (nSPS) is 10.7. The van der Waals surface area contributed by atoms with Crippen LogP contribution in [-0.2, 0) is 18.9 Å². The van der Waals surface area contributed by atoms with Crippen molar-refractivity contribution in [1.82, 2.24) is 74.4 Å². The van der Waals surface area contributed by atoms with Crippen molar-refractivity contribution in [2.75, 3.05) is 26.7 Å². The first-order valence-corrected chi connectivity index (χ1v) is 35.2. The standard InChI is InChI=1S/C8H16N2O.2C8H11N.C7H12N2.C7H10N2.C7H12N2.2C7H10N2.C7H11NO.6C2H6/c1-7(2)10-5-4-9(3)6-8(10)11;1-7(2)8-3-5-9-6-4-8;1-7(2)8-4-3-5-9-6-8;1-6(2)7-4-8-9(3)5-7;1-6(2)7-3-8-5-9-4-7;1-6(2)7-4-5-9(3)8-7;1-6(2)7-5-8-3-4-9-7;1-6(2)7-3-4-8-5-9-7;1-5(2)7-4-6(3)9-8-7;6*1-2/h7H,4-6H2,1-3H3;2*3-7H,1-2H3;4-6H,1-3H3;3-6H,1-2H3;4-6H,1-3H3;2*3-6H,1-2H3;4-5H,1-3H3;6*1-2H3. The molecule has 0 radical (unpaired) electrons. The number of rotatable bonds is 9. The lowest BCUT2D eigenvalue weighted by Gasteiger charge is -2.34. The predicted molar refractivity (Wildman–Crippen MR) is 407 cm³/mol. The zero-order valence-corrected chi connectivity index (χ0v) is 66.5. The first-order chi connectivity index (χ1) is 45.2. The fraction of sp³-hybridized carbons (Fsp3) is 0.590. The monoisotopic (exact) mass is 1320 g/mol. The second-order valence-corrected chi connectivity index (χ2v) is 22.9. The highest BCUT2D eigenvalue weighted by molar-refractivity contribution is 5.79. The lowest BCUT2D eigenvalue weighted by Crippen LogP contribution is -2.51. The van der Waals surface area contributed by atoms with Gasteiger partial charge in [-0.15, -0.1) is 0 Å². The van der Waals surface area contributed by atoms with Gasteiger partial charge in [0, 0.05) is 119 Å². The van der Waals surface area contributed by atoms with Crippen LogP contribution in [0.1, 0.15) is 306 Å². The fourth-order valence-corrected chi connectivity index (χ4v) is 6.81. The summed E-state index contributed by atoms with van der Waals surface area (Å²) in [5, 5.41) is 12.1. The number of likely N-dealkylation sites (N-methyl/N-ethyl adjacent to an activating group) is 1. The van der Waals surface area contributed by atoms with Crippen molar-refractivity contribution < 1.29 is 9.32 Å². The summed E-state index contributed by atoms with van der Waals surface area (Å²) >= 11 is 0. The largest absolute Gasteiger partial charge is 0.361 e. The van der Waals surface area contributed by atoms with Crippen molar-refractivity contribution in [2.24, 2.45) is 14.1 Å². The average molecular weight is 1320 g/mol. The molecule has 0 N–H and O–H groups in total. The van der Waals surface area contributed by atoms with Gasteiger partial charge in [-0.25, -0.2) is 19.9 Å². The molecule has 8 aromatic heterocycles. The van der Waals surface area contributed by atoms with Crippen molar-refractivity contribution in [2.45, 2.75) is 268 Å². The Kier molecular flexibility index (Phi) is 67.8. The molecule has 17 nitrogen and oxygen atoms in total. The van der Waals surface area contributed by atoms with E-state index in [1.807, 2.05) is 211 Å². The van der Waals surface area contributed by atoms with Crippen molar-refractivity contribution in [3.8, 4) is 0 Å². The zero-order chi connectivity index (χ0) is 74.4. The molecule has 17 heteroatoms. The summed E-state index contributed by atoms with van der Waals surface area (Å²) in [5.74, 6) is 5.50. The van der Waals surface area contributed by atoms with Gasteiger partial charge in [0.25, 0.3) is 0 Å². The molecule has 0 atom stereocenters. The van der Waals surface area contributed by atoms with Crippen LogP contribution < -0.4 is 0 Å². The summed E-state index contributed by atoms with van der Waals surface area (Å²) in [5.41, 5.74) is 9.50. The van der Waals surface area contributed by atoms with E-state index in [9.17, 15) is 4.79 Å². The fourth-order valence-electron chi connectivity index (χ4n) is 6.81. The lowest BCUT2D eigenvalue weighted by atomic mass is 10.1. The van der Waals surface area contributed by atoms with Crippen molar-refractivity contribution >= 4 is 5.91 Å². The third-order valence-electron chi connectivity index (χ3n) is 12.4. The highest BCUT2D eigenvalue weighted by Crippen LogP contribution is 2.15. The molecule has 9 heterocycles. The number of aryl methyl sites for hydroxylation is 3. The van der Waals surface area contributed by atoms with E-state index >= 15 is 0 Å². The minimum absolute atomic E-state index is 0.258. The molecular weight excluding hydrogens is 1180 g/mol. The molecule has 0 spiro atoms. The number of carbonyl (C=O) groups is 1. The number of amides is 1. The van der Waals surface area contributed by atoms with Crippen molar-refractivity contribution in [3.05, 3.63) is 186 Å². The van der Waals surface area contributed by atoms with Crippen LogP contribution >= 0.6 is 0 Å². The molecule has 8 aromatic rings. The Labute approximate surface area is 582 Å². The molecular formula is C78H139N15O2. The molecule has 95 heavy (non-hydrogen) atoms. The molecule has 0 bridgehead atoms. The smallest absolute Gasteiger partial charge is 0.237 e. The first kappa shape index (κ1) is 98.7. The number of aromatic nitrogens is 13. The third-order valence-corrected chi connectivity index (χ3v) is 12.4. The van der Waals surface area contributed by atoms with Gasteiger partial charge >= 0.3 is 0 Å². The Morgan fingerprint density at radius 1 is 0.411 bits per heavy atom. The summed E-state index contributed by atoms with van der Waals surface area (Å²) in [6, 6.07) is 14.5. The number of hydrogen-bond acceptors (Lipinski definition) is 14. The number of carbonyl (C=O) groups excluding carboxylic acids is 1. The van der Waals surface area contributed by atoms with Gasteiger partial charge in [-0.1, -0.05) is 205 Å². The van der Waals surface area contributed by atoms with Gasteiger partial charge in [0.15, 0.2) is 0 Å². The molecule has 0 saturated carbocycles. The summed E-state index contributed by atoms with van der Waals surface area (Å²) in [4.78, 5) is 47.0. The number of nitrogens with zero attached hydrogens (tertiary/aromatic N) is 15. The molecule has 1 amide bonds. The van der Waals surface area contributed by atoms with E-state index in [4.69, 9.17) is 4.52 Å². The predicted octanol–water partition coefficient (Wildman–Crippen LogP) is 20.7. The van der Waals surface area contributed by atoms with E-state index in [0.29, 0.717) is 59.9 Å². The Morgan fingerprint density at radius 2 is 0.905 bits per heavy atom. The van der Waals surface area contributed by atoms with Gasteiger partial charge in [-0.05, 0) is 128 Å². The van der Waals surface area contributed by atoms with Gasteiger partial charge < -0.3 is 9.42 Å². The summed E-state index contributed by atoms with van der Waals surface area (Å²) in [6.45, 7) is 66.6. The van der Waals surface area contributed by atoms with Gasteiger partial charge in [0.1, 0.15) is 18.4 Å². The van der Waals surface area contributed by atoms with Crippen LogP contribution in [0.15, 0.2) is 140 Å². The minimum Gasteiger partial charge on any atom is -0.361 e. The van der Waals surface area contributed by atoms with E-state index in [0.717, 1.165) is 41.6 Å². The second-order valence-electron chi connectivity index (χ2n) is 22.9. The summed E-state index contributed by atoms with van der Waals surface area (Å²) in [6.07, 6.45) is 27.1. The van der Waals surface area contributed by atoms with Gasteiger partial charge in [-0.2, -0.15) is 10.2 Å². The minimum atomic E-state index is 0.258. The summed E-state index contributed by atoms with van der Waals surface area (Å²) in [7, 11) is 5.85. The highest BCUT2D eigenvalue weighted by atomic mass is 16.5. The first-order valence-electron chi connectivity index (χ1n) is 35.2. The molecule has 1 saturated heterocycles. The van der Waals surface area contributed by atoms with E-state index < -0.39 is 0 Å². The SMILES string of the molecule is CC.CC.CC.CC.CC.CC.CC(C)N1CCN(C)CC1=O.CC(C)c1cccnc1.CC(C)c1ccn(C)n1.CC(C)c1ccncc1.CC(C)c1ccncn1.CC(C)c1cnccn1.CC(C)c1cncnc1.CC(C)c1cnn(C)c1.Cc1cc(C(C)C)no1. The molecule has 0 aromatic carbocycles. The highest BCUT2D eigenvalue weighted by Gasteiger charge is 2.23. The van der Waals surface area contributed by atoms with Gasteiger partial charge in [0.05, 0.1) is 29.8 Å². The Hall–Kier alpha value is -7.40. The van der Waals surface area contributed by atoms with E-state index in [1.165, 1.54) is 22.3 Å². The van der Waals surface area contributed by atoms with E-state index in [1.54, 1.807) is 43.6 Å². The second kappa shape index (κ2) is 65.3. The number of piperazine rings is 1. The lowest BCUT2D eigenvalue weighted by molar-refractivity contribution is -0.137. The quantitative estimate of drug-likeness (QED) is 0.133. The maximum atomic E-state index is 11.3. The van der Waals surface area contributed by atoms with Crippen LogP contribution in [0.25, 0.3) is 0 Å². The Morgan fingerprint density at radius 3 is 1.18 bits per heavy atom. The van der Waals surface area contributed by atoms with Gasteiger partial charge in [0.2, 0.25) is 5.91 Å². The van der Waals surface area contributed by atoms with Gasteiger partial charge in [-0.3, -0.25) is 39.0 Å². The molecule has 0 aliphatic carbocycles. The molecule has 1 aliphatic heterocycles. The van der Waals surface area contributed by atoms with Crippen molar-refractivity contribution in [1.29, 1.82) is 0 Å². The van der Waals surface area contributed by atoms with E-state index in [2.05, 4.69) is 191 Å². The average Bonchev–Trinajstić information content (AvgIpc) is 1.86. The van der Waals surface area contributed by atoms with Crippen LogP contribution in [0.3, 0.4) is 0 Å². The van der Waals surface area contributed by atoms with Crippen LogP contribution in [0, 0.1) is 6.92 Å². The Bertz CT molecular complexity index is 2440. The number of hydrogen-bond donors (Lipinski definition) is 0. The molecule has 1 fully saturated rings. The Balaban J connectivity index is -0.000000230.